The second kappa shape index (κ2) is 5.99. The van der Waals surface area contributed by atoms with Crippen LogP contribution in [0.2, 0.25) is 0 Å². The largest absolute Gasteiger partial charge is 0.331 e. The van der Waals surface area contributed by atoms with Gasteiger partial charge in [-0.1, -0.05) is 23.2 Å². The maximum absolute atomic E-state index is 10.8. The van der Waals surface area contributed by atoms with E-state index in [1.54, 1.807) is 0 Å². The van der Waals surface area contributed by atoms with Crippen molar-refractivity contribution in [3.05, 3.63) is 11.6 Å². The number of nitrogens with zero attached hydrogens (tertiary/aromatic N) is 1. The van der Waals surface area contributed by atoms with E-state index in [-0.39, 0.29) is 5.97 Å². The first-order chi connectivity index (χ1) is 8.27. The summed E-state index contributed by atoms with van der Waals surface area (Å²) in [6, 6.07) is 0. The van der Waals surface area contributed by atoms with E-state index >= 15 is 0 Å². The molecule has 0 spiro atoms. The lowest BCUT2D eigenvalue weighted by Crippen LogP contribution is -2.23. The molecule has 0 saturated heterocycles. The molecule has 0 radical (unpaired) electrons. The van der Waals surface area contributed by atoms with Gasteiger partial charge in [-0.2, -0.15) is 0 Å². The second-order valence-corrected chi connectivity index (χ2v) is 4.99. The van der Waals surface area contributed by atoms with Gasteiger partial charge in [-0.05, 0) is 44.9 Å². The van der Waals surface area contributed by atoms with Gasteiger partial charge in [0.25, 0.3) is 0 Å². The molecule has 1 saturated carbocycles. The fraction of sp³-hybridized carbons (Fsp3) is 0.714. The van der Waals surface area contributed by atoms with Gasteiger partial charge in [-0.15, -0.1) is 0 Å². The van der Waals surface area contributed by atoms with Crippen LogP contribution in [0.4, 0.5) is 0 Å². The van der Waals surface area contributed by atoms with Crippen molar-refractivity contribution >= 4 is 11.7 Å². The van der Waals surface area contributed by atoms with Gasteiger partial charge in [0.2, 0.25) is 0 Å². The van der Waals surface area contributed by atoms with Crippen molar-refractivity contribution in [1.29, 1.82) is 0 Å². The van der Waals surface area contributed by atoms with E-state index < -0.39 is 0 Å². The van der Waals surface area contributed by atoms with Gasteiger partial charge in [-0.25, -0.2) is 4.79 Å². The molecule has 0 bridgehead atoms. The number of hydrogen-bond acceptors (Lipinski definition) is 3. The zero-order valence-corrected chi connectivity index (χ0v) is 10.6. The topological polar surface area (TPSA) is 38.7 Å². The van der Waals surface area contributed by atoms with Crippen molar-refractivity contribution in [3.63, 3.8) is 0 Å². The highest BCUT2D eigenvalue weighted by atomic mass is 16.7. The molecule has 3 heteroatoms. The van der Waals surface area contributed by atoms with E-state index in [1.807, 2.05) is 0 Å². The van der Waals surface area contributed by atoms with Crippen LogP contribution in [0.5, 0.6) is 0 Å². The van der Waals surface area contributed by atoms with Crippen LogP contribution in [0.25, 0.3) is 0 Å². The Morgan fingerprint density at radius 1 is 1.29 bits per heavy atom. The predicted molar refractivity (Wildman–Crippen MR) is 67.7 cm³/mol. The van der Waals surface area contributed by atoms with Gasteiger partial charge in [0.1, 0.15) is 0 Å². The van der Waals surface area contributed by atoms with Crippen LogP contribution in [0, 0.1) is 5.92 Å². The van der Waals surface area contributed by atoms with Crippen molar-refractivity contribution in [3.8, 4) is 0 Å². The third-order valence-corrected chi connectivity index (χ3v) is 3.64. The summed E-state index contributed by atoms with van der Waals surface area (Å²) in [5.74, 6) is 0.128. The van der Waals surface area contributed by atoms with Crippen LogP contribution >= 0.6 is 0 Å². The number of rotatable bonds is 2. The Balaban J connectivity index is 2.08. The van der Waals surface area contributed by atoms with E-state index in [4.69, 9.17) is 4.84 Å². The molecule has 3 nitrogen and oxygen atoms in total. The Hall–Kier alpha value is -1.12. The van der Waals surface area contributed by atoms with Crippen LogP contribution in [0.1, 0.15) is 58.3 Å². The van der Waals surface area contributed by atoms with Gasteiger partial charge in [0.15, 0.2) is 0 Å². The van der Waals surface area contributed by atoms with Crippen LogP contribution in [0.15, 0.2) is 16.8 Å². The highest BCUT2D eigenvalue weighted by molar-refractivity contribution is 5.89. The molecule has 1 fully saturated rings. The van der Waals surface area contributed by atoms with Crippen molar-refractivity contribution in [1.82, 2.24) is 0 Å². The average molecular weight is 235 g/mol. The van der Waals surface area contributed by atoms with E-state index in [0.717, 1.165) is 12.1 Å². The molecule has 0 aromatic carbocycles. The highest BCUT2D eigenvalue weighted by Crippen LogP contribution is 2.33. The summed E-state index contributed by atoms with van der Waals surface area (Å²) < 4.78 is 0. The SMILES string of the molecule is CC(=O)O/N=C1\CCCC[C@H]1C1=CCCCC1. The molecule has 0 N–H and O–H groups in total. The lowest BCUT2D eigenvalue weighted by molar-refractivity contribution is -0.141. The minimum Gasteiger partial charge on any atom is -0.319 e. The molecule has 0 aliphatic heterocycles. The Kier molecular flexibility index (Phi) is 4.35. The summed E-state index contributed by atoms with van der Waals surface area (Å²) in [5, 5.41) is 4.07. The van der Waals surface area contributed by atoms with Crippen molar-refractivity contribution in [2.75, 3.05) is 0 Å². The molecule has 2 aliphatic carbocycles. The summed E-state index contributed by atoms with van der Waals surface area (Å²) in [6.07, 6.45) is 12.0. The van der Waals surface area contributed by atoms with Gasteiger partial charge in [-0.3, -0.25) is 0 Å². The summed E-state index contributed by atoms with van der Waals surface area (Å²) in [4.78, 5) is 15.6. The zero-order valence-electron chi connectivity index (χ0n) is 10.6. The third-order valence-electron chi connectivity index (χ3n) is 3.64. The van der Waals surface area contributed by atoms with E-state index in [9.17, 15) is 4.79 Å². The van der Waals surface area contributed by atoms with Gasteiger partial charge < -0.3 is 4.84 Å². The van der Waals surface area contributed by atoms with E-state index in [2.05, 4.69) is 11.2 Å². The first kappa shape index (κ1) is 12.3. The fourth-order valence-electron chi connectivity index (χ4n) is 2.81. The maximum atomic E-state index is 10.8. The standard InChI is InChI=1S/C14H21NO2/c1-11(16)17-15-14-10-6-5-9-13(14)12-7-3-2-4-8-12/h7,13H,2-6,8-10H2,1H3/b15-14+/t13-/m0/s1. The van der Waals surface area contributed by atoms with Crippen LogP contribution in [-0.4, -0.2) is 11.7 Å². The Bertz CT molecular complexity index is 344. The smallest absolute Gasteiger partial charge is 0.319 e. The molecule has 2 rings (SSSR count). The molecule has 17 heavy (non-hydrogen) atoms. The summed E-state index contributed by atoms with van der Waals surface area (Å²) >= 11 is 0. The Morgan fingerprint density at radius 3 is 2.82 bits per heavy atom. The molecule has 0 unspecified atom stereocenters. The van der Waals surface area contributed by atoms with Crippen molar-refractivity contribution < 1.29 is 9.63 Å². The molecular weight excluding hydrogens is 214 g/mol. The predicted octanol–water partition coefficient (Wildman–Crippen LogP) is 3.60. The Morgan fingerprint density at radius 2 is 2.12 bits per heavy atom. The molecule has 0 heterocycles. The monoisotopic (exact) mass is 235 g/mol. The Labute approximate surface area is 103 Å². The first-order valence-electron chi connectivity index (χ1n) is 6.70. The van der Waals surface area contributed by atoms with Gasteiger partial charge in [0.05, 0.1) is 5.71 Å². The molecule has 0 aromatic heterocycles. The number of allylic oxidation sites excluding steroid dienone is 2. The number of hydrogen-bond donors (Lipinski definition) is 0. The molecular formula is C14H21NO2. The van der Waals surface area contributed by atoms with Gasteiger partial charge >= 0.3 is 5.97 Å². The van der Waals surface area contributed by atoms with E-state index in [1.165, 1.54) is 57.4 Å². The quantitative estimate of drug-likeness (QED) is 0.417. The lowest BCUT2D eigenvalue weighted by atomic mass is 9.78. The number of oxime groups is 1. The molecule has 94 valence electrons. The maximum Gasteiger partial charge on any atom is 0.331 e. The van der Waals surface area contributed by atoms with E-state index in [0.29, 0.717) is 5.92 Å². The minimum absolute atomic E-state index is 0.320. The molecule has 2 aliphatic rings. The summed E-state index contributed by atoms with van der Waals surface area (Å²) in [7, 11) is 0. The molecule has 0 amide bonds. The summed E-state index contributed by atoms with van der Waals surface area (Å²) in [6.45, 7) is 1.40. The average Bonchev–Trinajstić information content (AvgIpc) is 2.38. The van der Waals surface area contributed by atoms with Crippen molar-refractivity contribution in [2.24, 2.45) is 11.1 Å². The normalized spacial score (nSPS) is 27.7. The van der Waals surface area contributed by atoms with Crippen LogP contribution < -0.4 is 0 Å². The highest BCUT2D eigenvalue weighted by Gasteiger charge is 2.25. The van der Waals surface area contributed by atoms with Gasteiger partial charge in [0, 0.05) is 12.8 Å². The number of carbonyl (C=O) groups excluding carboxylic acids is 1. The first-order valence-corrected chi connectivity index (χ1v) is 6.70. The van der Waals surface area contributed by atoms with Crippen LogP contribution in [0.3, 0.4) is 0 Å². The lowest BCUT2D eigenvalue weighted by Gasteiger charge is -2.27. The zero-order chi connectivity index (χ0) is 12.1. The summed E-state index contributed by atoms with van der Waals surface area (Å²) in [5.41, 5.74) is 2.61. The van der Waals surface area contributed by atoms with Crippen molar-refractivity contribution in [2.45, 2.75) is 58.3 Å². The minimum atomic E-state index is -0.320. The molecule has 0 aromatic rings. The second-order valence-electron chi connectivity index (χ2n) is 4.99. The number of carbonyl (C=O) groups is 1. The third kappa shape index (κ3) is 3.42. The fourth-order valence-corrected chi connectivity index (χ4v) is 2.81. The molecule has 1 atom stereocenters. The van der Waals surface area contributed by atoms with Crippen LogP contribution in [-0.2, 0) is 9.63 Å².